The molecule has 2 unspecified atom stereocenters. The van der Waals surface area contributed by atoms with Gasteiger partial charge < -0.3 is 15.5 Å². The van der Waals surface area contributed by atoms with Crippen LogP contribution in [0.4, 0.5) is 0 Å². The van der Waals surface area contributed by atoms with E-state index in [1.165, 1.54) is 89.9 Å². The Labute approximate surface area is 346 Å². The molecule has 0 aliphatic carbocycles. The number of aliphatic hydroxyl groups is 2. The van der Waals surface area contributed by atoms with Crippen molar-refractivity contribution < 1.29 is 15.0 Å². The van der Waals surface area contributed by atoms with Crippen molar-refractivity contribution >= 4 is 5.91 Å². The quantitative estimate of drug-likeness (QED) is 0.0429. The van der Waals surface area contributed by atoms with Crippen LogP contribution in [0.15, 0.2) is 109 Å². The minimum Gasteiger partial charge on any atom is -0.394 e. The summed E-state index contributed by atoms with van der Waals surface area (Å²) in [6, 6.07) is -0.648. The van der Waals surface area contributed by atoms with Crippen molar-refractivity contribution in [1.82, 2.24) is 5.32 Å². The molecule has 4 heteroatoms. The predicted octanol–water partition coefficient (Wildman–Crippen LogP) is 14.8. The Bertz CT molecular complexity index is 1110. The third kappa shape index (κ3) is 42.2. The summed E-state index contributed by atoms with van der Waals surface area (Å²) in [5.74, 6) is -0.0868. The summed E-state index contributed by atoms with van der Waals surface area (Å²) >= 11 is 0. The Morgan fingerprint density at radius 3 is 1.25 bits per heavy atom. The molecule has 0 aliphatic heterocycles. The topological polar surface area (TPSA) is 69.6 Å². The lowest BCUT2D eigenvalue weighted by Gasteiger charge is -2.19. The van der Waals surface area contributed by atoms with Crippen LogP contribution >= 0.6 is 0 Å². The Hall–Kier alpha value is -2.95. The summed E-state index contributed by atoms with van der Waals surface area (Å²) in [5, 5.41) is 23.0. The fourth-order valence-corrected chi connectivity index (χ4v) is 6.23. The number of nitrogens with one attached hydrogen (secondary N) is 1. The Kier molecular flexibility index (Phi) is 44.0. The molecule has 0 aliphatic rings. The SMILES string of the molecule is CC/C=C\C/C=C\C/C=C\C/C=C\C/C=C\C/C=C\C/C=C\CCCCCCCCCCCC(=O)NC(CO)C(O)/C=C/CC/C=C/CCCCCCCCC. The van der Waals surface area contributed by atoms with Crippen LogP contribution in [0.25, 0.3) is 0 Å². The van der Waals surface area contributed by atoms with E-state index in [-0.39, 0.29) is 12.5 Å². The first-order chi connectivity index (χ1) is 27.7. The highest BCUT2D eigenvalue weighted by Gasteiger charge is 2.17. The van der Waals surface area contributed by atoms with E-state index in [0.717, 1.165) is 83.5 Å². The molecule has 3 N–H and O–H groups in total. The minimum absolute atomic E-state index is 0.0868. The molecule has 0 spiro atoms. The maximum Gasteiger partial charge on any atom is 0.220 e. The zero-order valence-corrected chi connectivity index (χ0v) is 36.4. The van der Waals surface area contributed by atoms with Crippen LogP contribution in [-0.2, 0) is 4.79 Å². The number of carbonyl (C=O) groups is 1. The standard InChI is InChI=1S/C52H87NO3/c1-3-5-7-9-11-13-15-17-18-19-20-21-22-23-24-25-26-27-28-29-30-31-32-33-34-36-38-40-42-44-46-48-52(56)53-50(49-54)51(55)47-45-43-41-39-37-35-16-14-12-10-8-6-4-2/h5,7,11,13,17-18,20-21,23-24,26-27,29-30,37,39,45,47,50-51,54-55H,3-4,6,8-10,12,14-16,19,22,25,28,31-36,38,40-44,46,48-49H2,1-2H3,(H,53,56)/b7-5-,13-11-,18-17-,21-20-,24-23-,27-26-,30-29-,39-37+,47-45+. The van der Waals surface area contributed by atoms with Crippen molar-refractivity contribution in [3.05, 3.63) is 109 Å². The molecule has 0 fully saturated rings. The zero-order chi connectivity index (χ0) is 40.7. The predicted molar refractivity (Wildman–Crippen MR) is 248 cm³/mol. The van der Waals surface area contributed by atoms with Crippen LogP contribution < -0.4 is 5.32 Å². The largest absolute Gasteiger partial charge is 0.394 e. The van der Waals surface area contributed by atoms with Crippen LogP contribution in [0.5, 0.6) is 0 Å². The third-order valence-corrected chi connectivity index (χ3v) is 9.74. The number of amides is 1. The molecular formula is C52H87NO3. The lowest BCUT2D eigenvalue weighted by molar-refractivity contribution is -0.123. The highest BCUT2D eigenvalue weighted by atomic mass is 16.3. The van der Waals surface area contributed by atoms with Gasteiger partial charge in [-0.05, 0) is 89.9 Å². The first kappa shape index (κ1) is 53.0. The van der Waals surface area contributed by atoms with Gasteiger partial charge in [-0.25, -0.2) is 0 Å². The van der Waals surface area contributed by atoms with Gasteiger partial charge in [-0.1, -0.05) is 207 Å². The normalized spacial score (nSPS) is 14.0. The summed E-state index contributed by atoms with van der Waals surface area (Å²) in [6.45, 7) is 4.15. The third-order valence-electron chi connectivity index (χ3n) is 9.74. The maximum atomic E-state index is 12.4. The minimum atomic E-state index is -0.870. The number of allylic oxidation sites excluding steroid dienone is 17. The van der Waals surface area contributed by atoms with E-state index in [4.69, 9.17) is 0 Å². The molecule has 56 heavy (non-hydrogen) atoms. The molecule has 0 radical (unpaired) electrons. The van der Waals surface area contributed by atoms with Gasteiger partial charge in [-0.15, -0.1) is 0 Å². The van der Waals surface area contributed by atoms with Gasteiger partial charge in [0.25, 0.3) is 0 Å². The van der Waals surface area contributed by atoms with E-state index in [9.17, 15) is 15.0 Å². The smallest absolute Gasteiger partial charge is 0.220 e. The van der Waals surface area contributed by atoms with Gasteiger partial charge in [-0.3, -0.25) is 4.79 Å². The monoisotopic (exact) mass is 774 g/mol. The average molecular weight is 774 g/mol. The van der Waals surface area contributed by atoms with E-state index < -0.39 is 12.1 Å². The number of hydrogen-bond acceptors (Lipinski definition) is 3. The highest BCUT2D eigenvalue weighted by molar-refractivity contribution is 5.76. The first-order valence-corrected chi connectivity index (χ1v) is 23.1. The van der Waals surface area contributed by atoms with Gasteiger partial charge in [-0.2, -0.15) is 0 Å². The van der Waals surface area contributed by atoms with Crippen molar-refractivity contribution in [1.29, 1.82) is 0 Å². The molecular weight excluding hydrogens is 687 g/mol. The van der Waals surface area contributed by atoms with Crippen LogP contribution in [-0.4, -0.2) is 34.9 Å². The molecule has 2 atom stereocenters. The second-order valence-electron chi connectivity index (χ2n) is 15.1. The molecule has 0 aromatic rings. The van der Waals surface area contributed by atoms with E-state index in [0.29, 0.717) is 6.42 Å². The summed E-state index contributed by atoms with van der Waals surface area (Å²) < 4.78 is 0. The van der Waals surface area contributed by atoms with Crippen molar-refractivity contribution in [2.75, 3.05) is 6.61 Å². The number of aliphatic hydroxyl groups excluding tert-OH is 2. The van der Waals surface area contributed by atoms with Crippen molar-refractivity contribution in [2.24, 2.45) is 0 Å². The number of unbranched alkanes of at least 4 members (excludes halogenated alkanes) is 17. The highest BCUT2D eigenvalue weighted by Crippen LogP contribution is 2.13. The molecule has 0 aromatic heterocycles. The van der Waals surface area contributed by atoms with E-state index >= 15 is 0 Å². The van der Waals surface area contributed by atoms with Crippen LogP contribution in [0, 0.1) is 0 Å². The van der Waals surface area contributed by atoms with Crippen LogP contribution in [0.2, 0.25) is 0 Å². The van der Waals surface area contributed by atoms with Crippen LogP contribution in [0.1, 0.15) is 194 Å². The number of hydrogen-bond donors (Lipinski definition) is 3. The second kappa shape index (κ2) is 46.4. The second-order valence-corrected chi connectivity index (χ2v) is 15.1. The van der Waals surface area contributed by atoms with Gasteiger partial charge in [0.2, 0.25) is 5.91 Å². The first-order valence-electron chi connectivity index (χ1n) is 23.1. The lowest BCUT2D eigenvalue weighted by Crippen LogP contribution is -2.45. The van der Waals surface area contributed by atoms with Crippen LogP contribution in [0.3, 0.4) is 0 Å². The zero-order valence-electron chi connectivity index (χ0n) is 36.4. The van der Waals surface area contributed by atoms with Gasteiger partial charge in [0.1, 0.15) is 0 Å². The Morgan fingerprint density at radius 2 is 0.804 bits per heavy atom. The molecule has 0 rings (SSSR count). The van der Waals surface area contributed by atoms with Crippen molar-refractivity contribution in [3.63, 3.8) is 0 Å². The fourth-order valence-electron chi connectivity index (χ4n) is 6.23. The van der Waals surface area contributed by atoms with Crippen molar-refractivity contribution in [2.45, 2.75) is 206 Å². The summed E-state index contributed by atoms with van der Waals surface area (Å²) in [4.78, 5) is 12.4. The maximum absolute atomic E-state index is 12.4. The Balaban J connectivity index is 3.65. The lowest BCUT2D eigenvalue weighted by atomic mass is 10.1. The van der Waals surface area contributed by atoms with E-state index in [1.807, 2.05) is 6.08 Å². The molecule has 318 valence electrons. The molecule has 0 heterocycles. The van der Waals surface area contributed by atoms with Gasteiger partial charge in [0.15, 0.2) is 0 Å². The summed E-state index contributed by atoms with van der Waals surface area (Å²) in [6.07, 6.45) is 70.6. The molecule has 0 saturated heterocycles. The van der Waals surface area contributed by atoms with E-state index in [1.54, 1.807) is 6.08 Å². The number of carbonyl (C=O) groups excluding carboxylic acids is 1. The van der Waals surface area contributed by atoms with Gasteiger partial charge in [0.05, 0.1) is 18.8 Å². The Morgan fingerprint density at radius 1 is 0.446 bits per heavy atom. The molecule has 1 amide bonds. The van der Waals surface area contributed by atoms with Gasteiger partial charge >= 0.3 is 0 Å². The summed E-state index contributed by atoms with van der Waals surface area (Å²) in [7, 11) is 0. The molecule has 4 nitrogen and oxygen atoms in total. The summed E-state index contributed by atoms with van der Waals surface area (Å²) in [5.41, 5.74) is 0. The average Bonchev–Trinajstić information content (AvgIpc) is 3.20. The fraction of sp³-hybridized carbons (Fsp3) is 0.635. The van der Waals surface area contributed by atoms with Gasteiger partial charge in [0, 0.05) is 6.42 Å². The van der Waals surface area contributed by atoms with Crippen molar-refractivity contribution in [3.8, 4) is 0 Å². The van der Waals surface area contributed by atoms with E-state index in [2.05, 4.69) is 116 Å². The molecule has 0 saturated carbocycles. The molecule has 0 aromatic carbocycles. The number of rotatable bonds is 40. The molecule has 0 bridgehead atoms.